The topological polar surface area (TPSA) is 85.7 Å². The normalized spacial score (nSPS) is 17.9. The molecule has 0 saturated heterocycles. The van der Waals surface area contributed by atoms with Crippen molar-refractivity contribution in [2.45, 2.75) is 31.1 Å². The number of carbonyl (C=O) groups excluding carboxylic acids is 2. The lowest BCUT2D eigenvalue weighted by molar-refractivity contribution is -0.123. The molecule has 40 heavy (non-hydrogen) atoms. The summed E-state index contributed by atoms with van der Waals surface area (Å²) in [6.45, 7) is 2.15. The average molecular weight is 553 g/mol. The number of benzene rings is 3. The van der Waals surface area contributed by atoms with E-state index in [1.807, 2.05) is 84.4 Å². The zero-order valence-corrected chi connectivity index (χ0v) is 22.8. The predicted octanol–water partition coefficient (Wildman–Crippen LogP) is 5.02. The number of aromatic nitrogens is 2. The van der Waals surface area contributed by atoms with Crippen LogP contribution in [0.15, 0.2) is 72.8 Å². The van der Waals surface area contributed by atoms with Gasteiger partial charge >= 0.3 is 0 Å². The fraction of sp³-hybridized carbons (Fsp3) is 0.258. The van der Waals surface area contributed by atoms with Crippen molar-refractivity contribution in [2.24, 2.45) is 0 Å². The van der Waals surface area contributed by atoms with Gasteiger partial charge < -0.3 is 14.8 Å². The molecule has 1 saturated carbocycles. The number of fused-ring (bicyclic) bond motifs is 2. The third-order valence-corrected chi connectivity index (χ3v) is 8.61. The van der Waals surface area contributed by atoms with E-state index in [1.54, 1.807) is 4.90 Å². The number of nitrogens with zero attached hydrogens (tertiary/aromatic N) is 3. The van der Waals surface area contributed by atoms with Crippen LogP contribution in [0.25, 0.3) is 16.9 Å². The SMILES string of the molecule is Cc1ccc(-n2nc(-c3ccccc3)c3c2N(CC(=O)NC2CC2)C(=O)CS[C@@H]3c2ccc3c(c2)OCO3)cc1. The molecule has 0 bridgehead atoms. The lowest BCUT2D eigenvalue weighted by Gasteiger charge is -2.23. The lowest BCUT2D eigenvalue weighted by atomic mass is 9.99. The van der Waals surface area contributed by atoms with Crippen LogP contribution in [0.4, 0.5) is 5.82 Å². The smallest absolute Gasteiger partial charge is 0.240 e. The van der Waals surface area contributed by atoms with Gasteiger partial charge in [0.1, 0.15) is 12.4 Å². The number of ether oxygens (including phenoxy) is 2. The van der Waals surface area contributed by atoms with Gasteiger partial charge in [0.2, 0.25) is 18.6 Å². The molecule has 1 aliphatic carbocycles. The first-order valence-electron chi connectivity index (χ1n) is 13.4. The van der Waals surface area contributed by atoms with E-state index >= 15 is 0 Å². The third kappa shape index (κ3) is 4.60. The van der Waals surface area contributed by atoms with E-state index in [0.717, 1.165) is 46.5 Å². The summed E-state index contributed by atoms with van der Waals surface area (Å²) in [6.07, 6.45) is 1.96. The molecule has 0 spiro atoms. The van der Waals surface area contributed by atoms with Gasteiger partial charge in [0, 0.05) is 17.2 Å². The fourth-order valence-electron chi connectivity index (χ4n) is 5.18. The van der Waals surface area contributed by atoms with Crippen molar-refractivity contribution in [3.05, 3.63) is 89.5 Å². The van der Waals surface area contributed by atoms with Crippen LogP contribution in [0.5, 0.6) is 11.5 Å². The maximum absolute atomic E-state index is 13.8. The van der Waals surface area contributed by atoms with Crippen molar-refractivity contribution in [2.75, 3.05) is 24.0 Å². The van der Waals surface area contributed by atoms with Crippen molar-refractivity contribution in [1.29, 1.82) is 0 Å². The quantitative estimate of drug-likeness (QED) is 0.361. The summed E-state index contributed by atoms with van der Waals surface area (Å²) in [5.74, 6) is 1.93. The maximum Gasteiger partial charge on any atom is 0.240 e. The number of anilines is 1. The van der Waals surface area contributed by atoms with Crippen LogP contribution in [0.1, 0.15) is 34.8 Å². The van der Waals surface area contributed by atoms with Crippen LogP contribution in [0, 0.1) is 6.92 Å². The molecule has 1 N–H and O–H groups in total. The first kappa shape index (κ1) is 24.8. The molecule has 9 heteroatoms. The Morgan fingerprint density at radius 2 is 1.80 bits per heavy atom. The van der Waals surface area contributed by atoms with Gasteiger partial charge in [0.25, 0.3) is 0 Å². The largest absolute Gasteiger partial charge is 0.454 e. The molecule has 0 radical (unpaired) electrons. The maximum atomic E-state index is 13.8. The number of nitrogens with one attached hydrogen (secondary N) is 1. The number of carbonyl (C=O) groups is 2. The number of aryl methyl sites for hydroxylation is 1. The van der Waals surface area contributed by atoms with Crippen molar-refractivity contribution >= 4 is 29.4 Å². The third-order valence-electron chi connectivity index (χ3n) is 7.36. The van der Waals surface area contributed by atoms with Crippen LogP contribution in [-0.2, 0) is 9.59 Å². The first-order chi connectivity index (χ1) is 19.5. The molecule has 2 aliphatic heterocycles. The Kier molecular flexibility index (Phi) is 6.23. The summed E-state index contributed by atoms with van der Waals surface area (Å²) in [5.41, 5.74) is 5.52. The van der Waals surface area contributed by atoms with Gasteiger partial charge in [-0.1, -0.05) is 54.1 Å². The molecule has 1 aromatic heterocycles. The Morgan fingerprint density at radius 1 is 1.02 bits per heavy atom. The number of hydrogen-bond acceptors (Lipinski definition) is 6. The van der Waals surface area contributed by atoms with Gasteiger partial charge in [-0.2, -0.15) is 5.10 Å². The van der Waals surface area contributed by atoms with Crippen LogP contribution in [0.2, 0.25) is 0 Å². The summed E-state index contributed by atoms with van der Waals surface area (Å²) in [6, 6.07) is 24.2. The Bertz CT molecular complexity index is 1600. The molecule has 4 aromatic rings. The fourth-order valence-corrected chi connectivity index (χ4v) is 6.37. The minimum Gasteiger partial charge on any atom is -0.454 e. The molecule has 3 aliphatic rings. The summed E-state index contributed by atoms with van der Waals surface area (Å²) in [4.78, 5) is 28.5. The van der Waals surface area contributed by atoms with E-state index in [-0.39, 0.29) is 42.2 Å². The summed E-state index contributed by atoms with van der Waals surface area (Å²) in [7, 11) is 0. The van der Waals surface area contributed by atoms with Gasteiger partial charge in [0.15, 0.2) is 11.5 Å². The van der Waals surface area contributed by atoms with Crippen molar-refractivity contribution in [3.63, 3.8) is 0 Å². The monoisotopic (exact) mass is 552 g/mol. The highest BCUT2D eigenvalue weighted by atomic mass is 32.2. The van der Waals surface area contributed by atoms with Gasteiger partial charge in [0.05, 0.1) is 22.4 Å². The first-order valence-corrected chi connectivity index (χ1v) is 14.5. The molecular formula is C31H28N4O4S. The Morgan fingerprint density at radius 3 is 2.58 bits per heavy atom. The van der Waals surface area contributed by atoms with Crippen molar-refractivity contribution < 1.29 is 19.1 Å². The standard InChI is InChI=1S/C31H28N4O4S/c1-19-7-12-23(13-8-19)35-31-28(29(33-35)20-5-3-2-4-6-20)30(21-9-14-24-25(15-21)39-18-38-24)40-17-27(37)34(31)16-26(36)32-22-10-11-22/h2-9,12-15,22,30H,10-11,16-18H2,1H3,(H,32,36)/t30-/m1/s1. The molecule has 0 unspecified atom stereocenters. The van der Waals surface area contributed by atoms with Crippen molar-refractivity contribution in [3.8, 4) is 28.4 Å². The summed E-state index contributed by atoms with van der Waals surface area (Å²) < 4.78 is 13.1. The van der Waals surface area contributed by atoms with Crippen LogP contribution in [-0.4, -0.2) is 46.7 Å². The van der Waals surface area contributed by atoms with Gasteiger partial charge in [-0.05, 0) is 49.6 Å². The van der Waals surface area contributed by atoms with E-state index in [1.165, 1.54) is 11.8 Å². The summed E-state index contributed by atoms with van der Waals surface area (Å²) in [5, 5.41) is 7.95. The molecule has 1 fully saturated rings. The van der Waals surface area contributed by atoms with Gasteiger partial charge in [-0.3, -0.25) is 14.5 Å². The van der Waals surface area contributed by atoms with Crippen LogP contribution < -0.4 is 19.7 Å². The molecule has 3 heterocycles. The highest BCUT2D eigenvalue weighted by Crippen LogP contribution is 2.50. The Balaban J connectivity index is 1.45. The highest BCUT2D eigenvalue weighted by molar-refractivity contribution is 8.00. The molecular weight excluding hydrogens is 524 g/mol. The Labute approximate surface area is 236 Å². The molecule has 2 amide bonds. The number of hydrogen-bond donors (Lipinski definition) is 1. The zero-order chi connectivity index (χ0) is 27.2. The lowest BCUT2D eigenvalue weighted by Crippen LogP contribution is -2.43. The Hall–Kier alpha value is -4.24. The van der Waals surface area contributed by atoms with E-state index < -0.39 is 0 Å². The zero-order valence-electron chi connectivity index (χ0n) is 22.0. The molecule has 1 atom stereocenters. The van der Waals surface area contributed by atoms with E-state index in [4.69, 9.17) is 14.6 Å². The molecule has 3 aromatic carbocycles. The second-order valence-electron chi connectivity index (χ2n) is 10.3. The average Bonchev–Trinajstić information content (AvgIpc) is 3.54. The highest BCUT2D eigenvalue weighted by Gasteiger charge is 2.38. The predicted molar refractivity (Wildman–Crippen MR) is 154 cm³/mol. The van der Waals surface area contributed by atoms with Crippen LogP contribution >= 0.6 is 11.8 Å². The second kappa shape index (κ2) is 10.1. The second-order valence-corrected chi connectivity index (χ2v) is 11.4. The van der Waals surface area contributed by atoms with Crippen LogP contribution in [0.3, 0.4) is 0 Å². The van der Waals surface area contributed by atoms with Crippen molar-refractivity contribution in [1.82, 2.24) is 15.1 Å². The molecule has 202 valence electrons. The molecule has 8 nitrogen and oxygen atoms in total. The van der Waals surface area contributed by atoms with E-state index in [0.29, 0.717) is 17.3 Å². The number of amides is 2. The van der Waals surface area contributed by atoms with Gasteiger partial charge in [-0.25, -0.2) is 4.68 Å². The van der Waals surface area contributed by atoms with E-state index in [9.17, 15) is 9.59 Å². The summed E-state index contributed by atoms with van der Waals surface area (Å²) >= 11 is 1.54. The minimum atomic E-state index is -0.237. The number of rotatable bonds is 6. The van der Waals surface area contributed by atoms with Gasteiger partial charge in [-0.15, -0.1) is 11.8 Å². The molecule has 7 rings (SSSR count). The minimum absolute atomic E-state index is 0.0669. The van der Waals surface area contributed by atoms with E-state index in [2.05, 4.69) is 5.32 Å². The number of thioether (sulfide) groups is 1.